The summed E-state index contributed by atoms with van der Waals surface area (Å²) in [7, 11) is 1.62. The van der Waals surface area contributed by atoms with Crippen LogP contribution in [-0.4, -0.2) is 37.5 Å². The topological polar surface area (TPSA) is 91.8 Å². The SMILES string of the molecule is COc1cccc(-c2noc(CSc3nnnn3-c3ccccc3C)n2)c1. The fourth-order valence-corrected chi connectivity index (χ4v) is 3.26. The Kier molecular flexibility index (Phi) is 4.84. The predicted octanol–water partition coefficient (Wildman–Crippen LogP) is 3.32. The van der Waals surface area contributed by atoms with Gasteiger partial charge in [-0.25, -0.2) is 0 Å². The maximum atomic E-state index is 5.36. The summed E-state index contributed by atoms with van der Waals surface area (Å²) in [5.41, 5.74) is 2.86. The molecule has 0 fully saturated rings. The number of hydrogen-bond acceptors (Lipinski definition) is 8. The molecule has 2 aromatic carbocycles. The third-order valence-corrected chi connectivity index (χ3v) is 4.81. The van der Waals surface area contributed by atoms with E-state index >= 15 is 0 Å². The van der Waals surface area contributed by atoms with Crippen molar-refractivity contribution < 1.29 is 9.26 Å². The van der Waals surface area contributed by atoms with Crippen LogP contribution in [-0.2, 0) is 5.75 Å². The molecule has 0 spiro atoms. The van der Waals surface area contributed by atoms with Gasteiger partial charge < -0.3 is 9.26 Å². The van der Waals surface area contributed by atoms with Crippen molar-refractivity contribution >= 4 is 11.8 Å². The van der Waals surface area contributed by atoms with Crippen LogP contribution in [0.25, 0.3) is 17.1 Å². The van der Waals surface area contributed by atoms with Gasteiger partial charge in [0.05, 0.1) is 18.6 Å². The highest BCUT2D eigenvalue weighted by Crippen LogP contribution is 2.25. The van der Waals surface area contributed by atoms with Crippen molar-refractivity contribution in [2.45, 2.75) is 17.8 Å². The molecular formula is C18H16N6O2S. The van der Waals surface area contributed by atoms with Crippen LogP contribution in [0, 0.1) is 6.92 Å². The highest BCUT2D eigenvalue weighted by Gasteiger charge is 2.14. The van der Waals surface area contributed by atoms with Crippen molar-refractivity contribution in [3.8, 4) is 22.8 Å². The summed E-state index contributed by atoms with van der Waals surface area (Å²) in [4.78, 5) is 4.44. The lowest BCUT2D eigenvalue weighted by Gasteiger charge is -2.06. The minimum atomic E-state index is 0.462. The van der Waals surface area contributed by atoms with Gasteiger partial charge in [0.15, 0.2) is 0 Å². The smallest absolute Gasteiger partial charge is 0.237 e. The summed E-state index contributed by atoms with van der Waals surface area (Å²) in [5.74, 6) is 2.22. The zero-order valence-electron chi connectivity index (χ0n) is 14.7. The molecule has 0 unspecified atom stereocenters. The molecular weight excluding hydrogens is 364 g/mol. The van der Waals surface area contributed by atoms with Crippen molar-refractivity contribution in [1.29, 1.82) is 0 Å². The van der Waals surface area contributed by atoms with Crippen LogP contribution in [0.4, 0.5) is 0 Å². The first-order valence-electron chi connectivity index (χ1n) is 8.19. The van der Waals surface area contributed by atoms with Gasteiger partial charge in [-0.1, -0.05) is 47.3 Å². The monoisotopic (exact) mass is 380 g/mol. The lowest BCUT2D eigenvalue weighted by molar-refractivity contribution is 0.391. The van der Waals surface area contributed by atoms with Crippen LogP contribution in [0.1, 0.15) is 11.5 Å². The summed E-state index contributed by atoms with van der Waals surface area (Å²) < 4.78 is 12.3. The fourth-order valence-electron chi connectivity index (χ4n) is 2.54. The number of benzene rings is 2. The second-order valence-corrected chi connectivity index (χ2v) is 6.63. The van der Waals surface area contributed by atoms with Crippen molar-refractivity contribution in [1.82, 2.24) is 30.3 Å². The van der Waals surface area contributed by atoms with E-state index in [0.29, 0.717) is 22.6 Å². The average Bonchev–Trinajstić information content (AvgIpc) is 3.36. The van der Waals surface area contributed by atoms with E-state index in [0.717, 1.165) is 22.6 Å². The van der Waals surface area contributed by atoms with Gasteiger partial charge >= 0.3 is 0 Å². The summed E-state index contributed by atoms with van der Waals surface area (Å²) in [6, 6.07) is 15.4. The van der Waals surface area contributed by atoms with Crippen molar-refractivity contribution in [2.24, 2.45) is 0 Å². The summed E-state index contributed by atoms with van der Waals surface area (Å²) in [5, 5.41) is 16.7. The number of thioether (sulfide) groups is 1. The molecule has 0 saturated carbocycles. The molecule has 27 heavy (non-hydrogen) atoms. The van der Waals surface area contributed by atoms with Crippen LogP contribution in [0.2, 0.25) is 0 Å². The Balaban J connectivity index is 1.50. The molecule has 2 aromatic heterocycles. The van der Waals surface area contributed by atoms with Gasteiger partial charge in [-0.15, -0.1) is 5.10 Å². The molecule has 8 nitrogen and oxygen atoms in total. The van der Waals surface area contributed by atoms with E-state index in [-0.39, 0.29) is 0 Å². The molecule has 0 atom stereocenters. The second kappa shape index (κ2) is 7.58. The molecule has 4 rings (SSSR count). The summed E-state index contributed by atoms with van der Waals surface area (Å²) >= 11 is 1.43. The number of methoxy groups -OCH3 is 1. The minimum absolute atomic E-state index is 0.462. The van der Waals surface area contributed by atoms with Crippen LogP contribution < -0.4 is 4.74 Å². The Hall–Kier alpha value is -3.20. The van der Waals surface area contributed by atoms with Gasteiger partial charge in [0, 0.05) is 5.56 Å². The van der Waals surface area contributed by atoms with Gasteiger partial charge in [0.25, 0.3) is 0 Å². The number of aryl methyl sites for hydroxylation is 1. The Morgan fingerprint density at radius 1 is 1.15 bits per heavy atom. The van der Waals surface area contributed by atoms with Gasteiger partial charge in [-0.2, -0.15) is 9.67 Å². The molecule has 0 bridgehead atoms. The number of nitrogens with zero attached hydrogens (tertiary/aromatic N) is 6. The first kappa shape index (κ1) is 17.2. The number of ether oxygens (including phenoxy) is 1. The number of hydrogen-bond donors (Lipinski definition) is 0. The number of para-hydroxylation sites is 1. The van der Waals surface area contributed by atoms with E-state index in [2.05, 4.69) is 25.7 Å². The fraction of sp³-hybridized carbons (Fsp3) is 0.167. The van der Waals surface area contributed by atoms with E-state index in [9.17, 15) is 0 Å². The summed E-state index contributed by atoms with van der Waals surface area (Å²) in [6.07, 6.45) is 0. The van der Waals surface area contributed by atoms with Crippen LogP contribution >= 0.6 is 11.8 Å². The molecule has 0 aliphatic rings. The van der Waals surface area contributed by atoms with Crippen LogP contribution in [0.15, 0.2) is 58.2 Å². The largest absolute Gasteiger partial charge is 0.497 e. The normalized spacial score (nSPS) is 10.9. The first-order chi connectivity index (χ1) is 13.2. The molecule has 0 aliphatic carbocycles. The third-order valence-electron chi connectivity index (χ3n) is 3.91. The van der Waals surface area contributed by atoms with Crippen LogP contribution in [0.3, 0.4) is 0 Å². The molecule has 2 heterocycles. The molecule has 0 saturated heterocycles. The zero-order valence-corrected chi connectivity index (χ0v) is 15.6. The molecule has 136 valence electrons. The third kappa shape index (κ3) is 3.68. The van der Waals surface area contributed by atoms with Crippen LogP contribution in [0.5, 0.6) is 5.75 Å². The maximum Gasteiger partial charge on any atom is 0.237 e. The highest BCUT2D eigenvalue weighted by molar-refractivity contribution is 7.98. The molecule has 0 N–H and O–H groups in total. The average molecular weight is 380 g/mol. The lowest BCUT2D eigenvalue weighted by Crippen LogP contribution is -2.01. The zero-order chi connectivity index (χ0) is 18.6. The Morgan fingerprint density at radius 3 is 2.89 bits per heavy atom. The maximum absolute atomic E-state index is 5.36. The standard InChI is InChI=1S/C18H16N6O2S/c1-12-6-3-4-9-15(12)24-18(20-22-23-24)27-11-16-19-17(21-26-16)13-7-5-8-14(10-13)25-2/h3-10H,11H2,1-2H3. The van der Waals surface area contributed by atoms with Gasteiger partial charge in [-0.3, -0.25) is 0 Å². The first-order valence-corrected chi connectivity index (χ1v) is 9.17. The number of rotatable bonds is 6. The van der Waals surface area contributed by atoms with Gasteiger partial charge in [0.1, 0.15) is 5.75 Å². The Bertz CT molecular complexity index is 1060. The number of aromatic nitrogens is 6. The van der Waals surface area contributed by atoms with Gasteiger partial charge in [0.2, 0.25) is 16.9 Å². The Labute approximate surface area is 159 Å². The van der Waals surface area contributed by atoms with E-state index in [1.165, 1.54) is 11.8 Å². The van der Waals surface area contributed by atoms with Crippen molar-refractivity contribution in [3.05, 3.63) is 60.0 Å². The predicted molar refractivity (Wildman–Crippen MR) is 99.7 cm³/mol. The van der Waals surface area contributed by atoms with E-state index in [4.69, 9.17) is 9.26 Å². The molecule has 0 amide bonds. The molecule has 4 aromatic rings. The molecule has 9 heteroatoms. The molecule has 0 radical (unpaired) electrons. The minimum Gasteiger partial charge on any atom is -0.497 e. The summed E-state index contributed by atoms with van der Waals surface area (Å²) in [6.45, 7) is 2.02. The Morgan fingerprint density at radius 2 is 2.04 bits per heavy atom. The molecule has 0 aliphatic heterocycles. The van der Waals surface area contributed by atoms with Gasteiger partial charge in [-0.05, 0) is 41.1 Å². The number of tetrazole rings is 1. The highest BCUT2D eigenvalue weighted by atomic mass is 32.2. The van der Waals surface area contributed by atoms with E-state index in [1.54, 1.807) is 11.8 Å². The van der Waals surface area contributed by atoms with Crippen molar-refractivity contribution in [3.63, 3.8) is 0 Å². The van der Waals surface area contributed by atoms with Crippen molar-refractivity contribution in [2.75, 3.05) is 7.11 Å². The quantitative estimate of drug-likeness (QED) is 0.470. The lowest BCUT2D eigenvalue weighted by atomic mass is 10.2. The van der Waals surface area contributed by atoms with E-state index < -0.39 is 0 Å². The van der Waals surface area contributed by atoms with E-state index in [1.807, 2.05) is 55.5 Å². The second-order valence-electron chi connectivity index (χ2n) is 5.69.